The van der Waals surface area contributed by atoms with Gasteiger partial charge in [-0.15, -0.1) is 0 Å². The summed E-state index contributed by atoms with van der Waals surface area (Å²) >= 11 is 0. The van der Waals surface area contributed by atoms with Gasteiger partial charge in [-0.2, -0.15) is 0 Å². The van der Waals surface area contributed by atoms with Crippen LogP contribution in [0.25, 0.3) is 0 Å². The molecular weight excluding hydrogens is 394 g/mol. The van der Waals surface area contributed by atoms with Crippen LogP contribution in [-0.4, -0.2) is 56.6 Å². The van der Waals surface area contributed by atoms with Crippen molar-refractivity contribution >= 4 is 33.4 Å². The zero-order chi connectivity index (χ0) is 21.4. The molecular formula is C19H29N5O4S. The average molecular weight is 424 g/mol. The molecule has 160 valence electrons. The van der Waals surface area contributed by atoms with Crippen molar-refractivity contribution in [3.05, 3.63) is 24.3 Å². The Hall–Kier alpha value is -2.46. The quantitative estimate of drug-likeness (QED) is 0.575. The molecule has 1 aliphatic rings. The third-order valence-corrected chi connectivity index (χ3v) is 5.87. The molecule has 1 aromatic rings. The second-order valence-corrected chi connectivity index (χ2v) is 8.97. The summed E-state index contributed by atoms with van der Waals surface area (Å²) in [6, 6.07) is 5.97. The Morgan fingerprint density at radius 3 is 2.66 bits per heavy atom. The van der Waals surface area contributed by atoms with Gasteiger partial charge in [-0.25, -0.2) is 8.42 Å². The fourth-order valence-corrected chi connectivity index (χ4v) is 4.05. The lowest BCUT2D eigenvalue weighted by atomic mass is 10.2. The number of carbonyl (C=O) groups is 2. The van der Waals surface area contributed by atoms with Gasteiger partial charge in [-0.3, -0.25) is 24.2 Å². The number of hydrogen-bond acceptors (Lipinski definition) is 6. The second kappa shape index (κ2) is 10.4. The molecule has 0 fully saturated rings. The van der Waals surface area contributed by atoms with Gasteiger partial charge in [0.1, 0.15) is 5.84 Å². The van der Waals surface area contributed by atoms with E-state index in [1.165, 1.54) is 12.1 Å². The van der Waals surface area contributed by atoms with Crippen molar-refractivity contribution in [2.45, 2.75) is 50.5 Å². The number of aliphatic imine (C=N–C) groups is 1. The first-order valence-electron chi connectivity index (χ1n) is 9.66. The van der Waals surface area contributed by atoms with Crippen molar-refractivity contribution in [1.82, 2.24) is 9.62 Å². The summed E-state index contributed by atoms with van der Waals surface area (Å²) < 4.78 is 27.9. The average Bonchev–Trinajstić information content (AvgIpc) is 2.89. The maximum absolute atomic E-state index is 12.7. The molecule has 1 aromatic carbocycles. The van der Waals surface area contributed by atoms with E-state index in [0.29, 0.717) is 24.5 Å². The lowest BCUT2D eigenvalue weighted by Crippen LogP contribution is -2.43. The predicted molar refractivity (Wildman–Crippen MR) is 112 cm³/mol. The summed E-state index contributed by atoms with van der Waals surface area (Å²) in [4.78, 5) is 29.5. The number of amides is 2. The second-order valence-electron chi connectivity index (χ2n) is 7.29. The molecule has 1 heterocycles. The minimum Gasteiger partial charge on any atom is -0.369 e. The van der Waals surface area contributed by atoms with Crippen LogP contribution >= 0.6 is 0 Å². The molecule has 29 heavy (non-hydrogen) atoms. The number of nitrogens with zero attached hydrogens (tertiary/aromatic N) is 2. The van der Waals surface area contributed by atoms with Crippen molar-refractivity contribution in [1.29, 1.82) is 0 Å². The van der Waals surface area contributed by atoms with Gasteiger partial charge in [0.25, 0.3) is 10.0 Å². The lowest BCUT2D eigenvalue weighted by molar-refractivity contribution is -0.121. The topological polar surface area (TPSA) is 134 Å². The van der Waals surface area contributed by atoms with Crippen LogP contribution in [0.1, 0.15) is 39.5 Å². The lowest BCUT2D eigenvalue weighted by Gasteiger charge is -2.24. The largest absolute Gasteiger partial charge is 0.369 e. The first-order valence-corrected chi connectivity index (χ1v) is 11.1. The number of hydrogen-bond donors (Lipinski definition) is 3. The van der Waals surface area contributed by atoms with Crippen LogP contribution in [0.3, 0.4) is 0 Å². The van der Waals surface area contributed by atoms with E-state index in [4.69, 9.17) is 5.73 Å². The highest BCUT2D eigenvalue weighted by molar-refractivity contribution is 7.90. The van der Waals surface area contributed by atoms with Crippen molar-refractivity contribution in [2.75, 3.05) is 25.0 Å². The maximum atomic E-state index is 12.7. The summed E-state index contributed by atoms with van der Waals surface area (Å²) in [5.74, 6) is -0.418. The molecule has 0 aromatic heterocycles. The Morgan fingerprint density at radius 1 is 1.21 bits per heavy atom. The molecule has 0 spiro atoms. The standard InChI is InChI=1S/C19H29N5O4S/c1-14(2)24(12-17(20)25)13-19(26)22-15-7-6-8-16(11-15)29(27,28)23-18-9-4-3-5-10-21-18/h6-8,11,14H,3-5,9-10,12-13H2,1-2H3,(H2,20,25)(H,21,23)(H,22,26). The molecule has 10 heteroatoms. The molecule has 0 bridgehead atoms. The minimum absolute atomic E-state index is 0.0351. The van der Waals surface area contributed by atoms with Gasteiger partial charge in [-0.1, -0.05) is 12.5 Å². The van der Waals surface area contributed by atoms with Gasteiger partial charge in [-0.05, 0) is 44.9 Å². The number of primary amides is 1. The van der Waals surface area contributed by atoms with E-state index in [1.807, 2.05) is 13.8 Å². The van der Waals surface area contributed by atoms with Crippen molar-refractivity contribution in [3.8, 4) is 0 Å². The number of benzene rings is 1. The summed E-state index contributed by atoms with van der Waals surface area (Å²) in [5, 5.41) is 2.67. The molecule has 0 radical (unpaired) electrons. The first-order chi connectivity index (χ1) is 13.7. The molecule has 2 amide bonds. The number of anilines is 1. The molecule has 0 unspecified atom stereocenters. The molecule has 0 aliphatic carbocycles. The van der Waals surface area contributed by atoms with E-state index in [2.05, 4.69) is 15.0 Å². The van der Waals surface area contributed by atoms with Gasteiger partial charge in [0.2, 0.25) is 11.8 Å². The van der Waals surface area contributed by atoms with Crippen LogP contribution in [0.5, 0.6) is 0 Å². The third-order valence-electron chi connectivity index (χ3n) is 4.49. The van der Waals surface area contributed by atoms with Gasteiger partial charge in [0.15, 0.2) is 0 Å². The number of nitrogens with one attached hydrogen (secondary N) is 2. The van der Waals surface area contributed by atoms with Gasteiger partial charge in [0.05, 0.1) is 18.0 Å². The monoisotopic (exact) mass is 423 g/mol. The highest BCUT2D eigenvalue weighted by Gasteiger charge is 2.19. The molecule has 9 nitrogen and oxygen atoms in total. The molecule has 1 aliphatic heterocycles. The summed E-state index contributed by atoms with van der Waals surface area (Å²) in [6.07, 6.45) is 3.48. The zero-order valence-electron chi connectivity index (χ0n) is 16.8. The normalized spacial score (nSPS) is 15.0. The van der Waals surface area contributed by atoms with Crippen LogP contribution in [0.4, 0.5) is 5.69 Å². The van der Waals surface area contributed by atoms with E-state index in [9.17, 15) is 18.0 Å². The Balaban J connectivity index is 2.07. The highest BCUT2D eigenvalue weighted by Crippen LogP contribution is 2.17. The Morgan fingerprint density at radius 2 is 1.97 bits per heavy atom. The third kappa shape index (κ3) is 7.47. The first kappa shape index (κ1) is 22.8. The van der Waals surface area contributed by atoms with Crippen molar-refractivity contribution < 1.29 is 18.0 Å². The van der Waals surface area contributed by atoms with Crippen LogP contribution in [0.2, 0.25) is 0 Å². The summed E-state index contributed by atoms with van der Waals surface area (Å²) in [5.41, 5.74) is 5.57. The molecule has 0 saturated carbocycles. The Labute approximate surface area is 171 Å². The van der Waals surface area contributed by atoms with E-state index in [-0.39, 0.29) is 29.9 Å². The van der Waals surface area contributed by atoms with Crippen molar-refractivity contribution in [2.24, 2.45) is 10.7 Å². The van der Waals surface area contributed by atoms with Crippen LogP contribution in [0, 0.1) is 0 Å². The van der Waals surface area contributed by atoms with Crippen LogP contribution in [-0.2, 0) is 19.6 Å². The van der Waals surface area contributed by atoms with Gasteiger partial charge < -0.3 is 11.1 Å². The zero-order valence-corrected chi connectivity index (χ0v) is 17.7. The SMILES string of the molecule is CC(C)N(CC(N)=O)CC(=O)Nc1cccc(S(=O)(=O)NC2=NCCCCC2)c1. The van der Waals surface area contributed by atoms with Crippen LogP contribution < -0.4 is 15.8 Å². The van der Waals surface area contributed by atoms with Gasteiger partial charge in [0, 0.05) is 24.7 Å². The van der Waals surface area contributed by atoms with Gasteiger partial charge >= 0.3 is 0 Å². The fourth-order valence-electron chi connectivity index (χ4n) is 2.92. The molecule has 4 N–H and O–H groups in total. The molecule has 0 saturated heterocycles. The maximum Gasteiger partial charge on any atom is 0.262 e. The van der Waals surface area contributed by atoms with E-state index < -0.39 is 15.9 Å². The van der Waals surface area contributed by atoms with Crippen molar-refractivity contribution in [3.63, 3.8) is 0 Å². The van der Waals surface area contributed by atoms with E-state index in [1.54, 1.807) is 17.0 Å². The summed E-state index contributed by atoms with van der Waals surface area (Å²) in [6.45, 7) is 4.25. The number of amidine groups is 1. The number of carbonyl (C=O) groups excluding carboxylic acids is 2. The number of rotatable bonds is 8. The summed E-state index contributed by atoms with van der Waals surface area (Å²) in [7, 11) is -3.79. The Kier molecular flexibility index (Phi) is 8.15. The highest BCUT2D eigenvalue weighted by atomic mass is 32.2. The Bertz CT molecular complexity index is 867. The van der Waals surface area contributed by atoms with Crippen LogP contribution in [0.15, 0.2) is 34.2 Å². The number of sulfonamides is 1. The minimum atomic E-state index is -3.79. The van der Waals surface area contributed by atoms with E-state index in [0.717, 1.165) is 19.3 Å². The predicted octanol–water partition coefficient (Wildman–Crippen LogP) is 1.07. The number of nitrogens with two attached hydrogens (primary N) is 1. The molecule has 0 atom stereocenters. The molecule has 2 rings (SSSR count). The fraction of sp³-hybridized carbons (Fsp3) is 0.526. The smallest absolute Gasteiger partial charge is 0.262 e. The van der Waals surface area contributed by atoms with E-state index >= 15 is 0 Å².